The number of hydrogen-bond donors (Lipinski definition) is 1. The van der Waals surface area contributed by atoms with Gasteiger partial charge < -0.3 is 22.8 Å². The number of rotatable bonds is 5. The van der Waals surface area contributed by atoms with Crippen molar-refractivity contribution < 1.29 is 22.8 Å². The summed E-state index contributed by atoms with van der Waals surface area (Å²) in [6.07, 6.45) is 2.10. The zero-order chi connectivity index (χ0) is 20.6. The maximum absolute atomic E-state index is 10.9. The Labute approximate surface area is 167 Å². The highest BCUT2D eigenvalue weighted by Gasteiger charge is 2.61. The summed E-state index contributed by atoms with van der Waals surface area (Å²) >= 11 is 0. The molecule has 4 unspecified atom stereocenters. The molecule has 2 aliphatic heterocycles. The highest BCUT2D eigenvalue weighted by molar-refractivity contribution is 6.83. The van der Waals surface area contributed by atoms with Crippen molar-refractivity contribution in [3.05, 3.63) is 12.2 Å². The van der Waals surface area contributed by atoms with E-state index in [4.69, 9.17) is 17.7 Å². The van der Waals surface area contributed by atoms with E-state index in [1.807, 2.05) is 19.1 Å². The van der Waals surface area contributed by atoms with Gasteiger partial charge in [0.1, 0.15) is 24.4 Å². The lowest BCUT2D eigenvalue weighted by Crippen LogP contribution is -2.65. The SMILES string of the molecule is C/C=C\C1OC2CO[Si](C(C)C)(C(C)C)O[Si](C(C)C)(C(C)C)OC2C1O. The Morgan fingerprint density at radius 3 is 1.85 bits per heavy atom. The van der Waals surface area contributed by atoms with Gasteiger partial charge in [-0.2, -0.15) is 0 Å². The van der Waals surface area contributed by atoms with Crippen LogP contribution in [0.1, 0.15) is 62.3 Å². The Morgan fingerprint density at radius 1 is 0.889 bits per heavy atom. The number of allylic oxidation sites excluding steroid dienone is 1. The van der Waals surface area contributed by atoms with Crippen LogP contribution in [0.4, 0.5) is 0 Å². The van der Waals surface area contributed by atoms with Crippen molar-refractivity contribution in [2.75, 3.05) is 6.61 Å². The minimum atomic E-state index is -2.69. The van der Waals surface area contributed by atoms with E-state index in [-0.39, 0.29) is 23.3 Å². The Bertz CT molecular complexity index is 505. The second-order valence-electron chi connectivity index (χ2n) is 9.21. The Kier molecular flexibility index (Phi) is 7.56. The minimum absolute atomic E-state index is 0.247. The summed E-state index contributed by atoms with van der Waals surface area (Å²) in [5, 5.41) is 10.9. The van der Waals surface area contributed by atoms with Crippen LogP contribution in [0, 0.1) is 0 Å². The summed E-state index contributed by atoms with van der Waals surface area (Å²) in [7, 11) is -5.23. The van der Waals surface area contributed by atoms with E-state index < -0.39 is 29.3 Å². The van der Waals surface area contributed by atoms with E-state index >= 15 is 0 Å². The van der Waals surface area contributed by atoms with Gasteiger partial charge in [-0.3, -0.25) is 0 Å². The Hall–Kier alpha value is -0.0262. The number of hydrogen-bond acceptors (Lipinski definition) is 5. The van der Waals surface area contributed by atoms with Crippen LogP contribution in [-0.2, 0) is 17.7 Å². The van der Waals surface area contributed by atoms with Crippen molar-refractivity contribution in [2.24, 2.45) is 0 Å². The average molecular weight is 417 g/mol. The molecule has 0 saturated carbocycles. The van der Waals surface area contributed by atoms with Gasteiger partial charge in [-0.15, -0.1) is 0 Å². The van der Waals surface area contributed by atoms with Crippen LogP contribution >= 0.6 is 0 Å². The van der Waals surface area contributed by atoms with Gasteiger partial charge in [-0.1, -0.05) is 67.5 Å². The molecule has 2 aliphatic rings. The third kappa shape index (κ3) is 4.15. The average Bonchev–Trinajstić information content (AvgIpc) is 2.82. The van der Waals surface area contributed by atoms with Gasteiger partial charge in [0, 0.05) is 0 Å². The molecule has 0 aromatic rings. The molecule has 158 valence electrons. The normalized spacial score (nSPS) is 33.9. The predicted octanol–water partition coefficient (Wildman–Crippen LogP) is 4.65. The standard InChI is InChI=1S/C20H40O5Si2/c1-10-11-17-19(21)20-18(23-17)12-22-26(13(2)3,14(4)5)25-27(24-20,15(6)7)16(8)9/h10-11,13-21H,12H2,1-9H3/b11-10-. The van der Waals surface area contributed by atoms with Gasteiger partial charge in [-0.25, -0.2) is 0 Å². The first-order valence-corrected chi connectivity index (χ1v) is 14.4. The molecule has 2 rings (SSSR count). The largest absolute Gasteiger partial charge is 0.414 e. The molecule has 0 bridgehead atoms. The molecule has 0 amide bonds. The minimum Gasteiger partial charge on any atom is -0.414 e. The first kappa shape index (κ1) is 23.3. The van der Waals surface area contributed by atoms with Crippen LogP contribution in [0.5, 0.6) is 0 Å². The van der Waals surface area contributed by atoms with Gasteiger partial charge in [0.2, 0.25) is 0 Å². The number of ether oxygens (including phenoxy) is 1. The molecule has 5 nitrogen and oxygen atoms in total. The zero-order valence-corrected chi connectivity index (χ0v) is 20.6. The van der Waals surface area contributed by atoms with E-state index in [1.54, 1.807) is 0 Å². The van der Waals surface area contributed by atoms with Crippen molar-refractivity contribution in [3.8, 4) is 0 Å². The molecule has 2 heterocycles. The van der Waals surface area contributed by atoms with Crippen LogP contribution in [0.3, 0.4) is 0 Å². The summed E-state index contributed by atoms with van der Waals surface area (Å²) < 4.78 is 26.8. The molecule has 4 atom stereocenters. The predicted molar refractivity (Wildman–Crippen MR) is 113 cm³/mol. The van der Waals surface area contributed by atoms with E-state index in [0.717, 1.165) is 0 Å². The lowest BCUT2D eigenvalue weighted by molar-refractivity contribution is -0.0337. The molecular formula is C20H40O5Si2. The van der Waals surface area contributed by atoms with Crippen LogP contribution in [0.15, 0.2) is 12.2 Å². The molecule has 1 N–H and O–H groups in total. The summed E-state index contributed by atoms with van der Waals surface area (Å²) in [6.45, 7) is 19.9. The second-order valence-corrected chi connectivity index (χ2v) is 18.1. The third-order valence-corrected chi connectivity index (χ3v) is 16.3. The molecule has 0 aromatic carbocycles. The molecule has 0 spiro atoms. The van der Waals surface area contributed by atoms with E-state index in [2.05, 4.69) is 55.4 Å². The van der Waals surface area contributed by atoms with Gasteiger partial charge in [0.15, 0.2) is 0 Å². The van der Waals surface area contributed by atoms with Gasteiger partial charge in [0.05, 0.1) is 6.61 Å². The maximum Gasteiger partial charge on any atom is 0.335 e. The lowest BCUT2D eigenvalue weighted by atomic mass is 10.1. The summed E-state index contributed by atoms with van der Waals surface area (Å²) in [5.41, 5.74) is 1.11. The van der Waals surface area contributed by atoms with Gasteiger partial charge in [0.25, 0.3) is 0 Å². The Morgan fingerprint density at radius 2 is 1.41 bits per heavy atom. The van der Waals surface area contributed by atoms with Crippen molar-refractivity contribution in [1.29, 1.82) is 0 Å². The molecule has 0 aliphatic carbocycles. The smallest absolute Gasteiger partial charge is 0.335 e. The summed E-state index contributed by atoms with van der Waals surface area (Å²) in [5.74, 6) is 0. The summed E-state index contributed by atoms with van der Waals surface area (Å²) in [6, 6.07) is 0. The number of aliphatic hydroxyl groups excluding tert-OH is 1. The molecule has 0 aromatic heterocycles. The molecule has 2 fully saturated rings. The fraction of sp³-hybridized carbons (Fsp3) is 0.900. The topological polar surface area (TPSA) is 57.2 Å². The van der Waals surface area contributed by atoms with Crippen molar-refractivity contribution in [3.63, 3.8) is 0 Å². The van der Waals surface area contributed by atoms with Crippen molar-refractivity contribution >= 4 is 17.1 Å². The van der Waals surface area contributed by atoms with E-state index in [0.29, 0.717) is 17.7 Å². The quantitative estimate of drug-likeness (QED) is 0.522. The molecule has 27 heavy (non-hydrogen) atoms. The number of fused-ring (bicyclic) bond motifs is 1. The highest BCUT2D eigenvalue weighted by atomic mass is 28.5. The monoisotopic (exact) mass is 416 g/mol. The van der Waals surface area contributed by atoms with Crippen LogP contribution in [0.25, 0.3) is 0 Å². The summed E-state index contributed by atoms with van der Waals surface area (Å²) in [4.78, 5) is 0. The lowest BCUT2D eigenvalue weighted by Gasteiger charge is -2.51. The molecule has 7 heteroatoms. The van der Waals surface area contributed by atoms with E-state index in [1.165, 1.54) is 0 Å². The Balaban J connectivity index is 2.53. The van der Waals surface area contributed by atoms with Gasteiger partial charge in [-0.05, 0) is 29.1 Å². The van der Waals surface area contributed by atoms with Gasteiger partial charge >= 0.3 is 17.1 Å². The first-order valence-electron chi connectivity index (χ1n) is 10.5. The second kappa shape index (κ2) is 8.77. The maximum atomic E-state index is 10.9. The first-order chi connectivity index (χ1) is 12.5. The fourth-order valence-corrected chi connectivity index (χ4v) is 15.7. The third-order valence-electron chi connectivity index (χ3n) is 6.09. The van der Waals surface area contributed by atoms with Crippen molar-refractivity contribution in [2.45, 2.75) is 109 Å². The fourth-order valence-electron chi connectivity index (χ4n) is 4.53. The van der Waals surface area contributed by atoms with Crippen molar-refractivity contribution in [1.82, 2.24) is 0 Å². The molecular weight excluding hydrogens is 376 g/mol. The molecule has 0 radical (unpaired) electrons. The van der Waals surface area contributed by atoms with Crippen LogP contribution in [0.2, 0.25) is 22.2 Å². The van der Waals surface area contributed by atoms with Crippen LogP contribution < -0.4 is 0 Å². The highest BCUT2D eigenvalue weighted by Crippen LogP contribution is 2.47. The zero-order valence-electron chi connectivity index (χ0n) is 18.6. The molecule has 2 saturated heterocycles. The van der Waals surface area contributed by atoms with Crippen LogP contribution in [-0.4, -0.2) is 53.3 Å². The number of aliphatic hydroxyl groups is 1. The van der Waals surface area contributed by atoms with E-state index in [9.17, 15) is 5.11 Å².